The van der Waals surface area contributed by atoms with Gasteiger partial charge in [-0.15, -0.1) is 5.10 Å². The molecule has 2 aromatic carbocycles. The smallest absolute Gasteiger partial charge is 0.251 e. The average molecular weight is 474 g/mol. The highest BCUT2D eigenvalue weighted by Gasteiger charge is 2.35. The van der Waals surface area contributed by atoms with Crippen LogP contribution in [0.5, 0.6) is 0 Å². The van der Waals surface area contributed by atoms with Crippen molar-refractivity contribution in [1.82, 2.24) is 20.3 Å². The number of furan rings is 1. The molecule has 8 heteroatoms. The maximum Gasteiger partial charge on any atom is 0.251 e. The minimum atomic E-state index is -0.971. The van der Waals surface area contributed by atoms with E-state index in [0.717, 1.165) is 23.1 Å². The molecule has 0 fully saturated rings. The Balaban J connectivity index is 1.74. The highest BCUT2D eigenvalue weighted by molar-refractivity contribution is 6.01. The number of hydrogen-bond acceptors (Lipinski definition) is 5. The molecule has 182 valence electrons. The Hall–Kier alpha value is -3.94. The first-order chi connectivity index (χ1) is 16.8. The van der Waals surface area contributed by atoms with E-state index < -0.39 is 6.04 Å². The van der Waals surface area contributed by atoms with E-state index in [1.165, 1.54) is 11.2 Å². The average Bonchev–Trinajstić information content (AvgIpc) is 3.49. The standard InChI is InChI=1S/C27H31N5O3/c1-18(2)13-14-28-27(34)26(24-10-7-15-35-24)32(21-12-11-19(3)20(4)16-21)25(33)17-31-23-9-6-5-8-22(23)29-30-31/h5-12,15-16,18,26H,13-14,17H2,1-4H3,(H,28,34). The highest BCUT2D eigenvalue weighted by atomic mass is 16.3. The molecule has 0 spiro atoms. The number of fused-ring (bicyclic) bond motifs is 1. The van der Waals surface area contributed by atoms with Crippen LogP contribution in [0.1, 0.15) is 43.2 Å². The van der Waals surface area contributed by atoms with E-state index in [1.54, 1.807) is 16.8 Å². The highest BCUT2D eigenvalue weighted by Crippen LogP contribution is 2.30. The lowest BCUT2D eigenvalue weighted by Gasteiger charge is -2.30. The molecule has 1 atom stereocenters. The van der Waals surface area contributed by atoms with Crippen molar-refractivity contribution in [1.29, 1.82) is 0 Å². The molecule has 35 heavy (non-hydrogen) atoms. The van der Waals surface area contributed by atoms with Crippen molar-refractivity contribution in [2.24, 2.45) is 5.92 Å². The van der Waals surface area contributed by atoms with Gasteiger partial charge < -0.3 is 9.73 Å². The maximum atomic E-state index is 13.9. The molecule has 4 aromatic rings. The van der Waals surface area contributed by atoms with Crippen molar-refractivity contribution in [3.63, 3.8) is 0 Å². The van der Waals surface area contributed by atoms with E-state index in [1.807, 2.05) is 56.3 Å². The monoisotopic (exact) mass is 473 g/mol. The van der Waals surface area contributed by atoms with Crippen LogP contribution in [-0.2, 0) is 16.1 Å². The Morgan fingerprint density at radius 1 is 1.06 bits per heavy atom. The lowest BCUT2D eigenvalue weighted by Crippen LogP contribution is -2.45. The van der Waals surface area contributed by atoms with Gasteiger partial charge in [0.25, 0.3) is 5.91 Å². The first-order valence-corrected chi connectivity index (χ1v) is 11.8. The van der Waals surface area contributed by atoms with Crippen LogP contribution in [-0.4, -0.2) is 33.4 Å². The second-order valence-corrected chi connectivity index (χ2v) is 9.16. The number of nitrogens with zero attached hydrogens (tertiary/aromatic N) is 4. The van der Waals surface area contributed by atoms with Gasteiger partial charge in [0.1, 0.15) is 17.8 Å². The van der Waals surface area contributed by atoms with Crippen LogP contribution >= 0.6 is 0 Å². The van der Waals surface area contributed by atoms with Crippen molar-refractivity contribution in [3.8, 4) is 0 Å². The van der Waals surface area contributed by atoms with Crippen LogP contribution in [0.15, 0.2) is 65.3 Å². The first kappa shape index (κ1) is 24.2. The Kier molecular flexibility index (Phi) is 7.29. The van der Waals surface area contributed by atoms with Gasteiger partial charge in [0, 0.05) is 12.2 Å². The van der Waals surface area contributed by atoms with Gasteiger partial charge in [-0.3, -0.25) is 14.5 Å². The number of carbonyl (C=O) groups excluding carboxylic acids is 2. The summed E-state index contributed by atoms with van der Waals surface area (Å²) in [5.74, 6) is 0.234. The Bertz CT molecular complexity index is 1310. The molecule has 8 nitrogen and oxygen atoms in total. The fraction of sp³-hybridized carbons (Fsp3) is 0.333. The summed E-state index contributed by atoms with van der Waals surface area (Å²) in [4.78, 5) is 28.9. The molecule has 1 N–H and O–H groups in total. The minimum Gasteiger partial charge on any atom is -0.467 e. The van der Waals surface area contributed by atoms with Crippen LogP contribution in [0.3, 0.4) is 0 Å². The zero-order valence-corrected chi connectivity index (χ0v) is 20.6. The third-order valence-corrected chi connectivity index (χ3v) is 6.08. The molecule has 2 amide bonds. The number of carbonyl (C=O) groups is 2. The molecule has 0 aliphatic rings. The molecule has 0 saturated carbocycles. The number of rotatable bonds is 9. The molecule has 0 bridgehead atoms. The number of aryl methyl sites for hydroxylation is 2. The van der Waals surface area contributed by atoms with Crippen LogP contribution < -0.4 is 10.2 Å². The van der Waals surface area contributed by atoms with E-state index in [2.05, 4.69) is 29.5 Å². The molecule has 4 rings (SSSR count). The van der Waals surface area contributed by atoms with E-state index >= 15 is 0 Å². The van der Waals surface area contributed by atoms with E-state index in [4.69, 9.17) is 4.42 Å². The van der Waals surface area contributed by atoms with Gasteiger partial charge >= 0.3 is 0 Å². The number of benzene rings is 2. The lowest BCUT2D eigenvalue weighted by molar-refractivity contribution is -0.127. The molecule has 1 unspecified atom stereocenters. The van der Waals surface area contributed by atoms with Gasteiger partial charge in [0.05, 0.1) is 11.8 Å². The van der Waals surface area contributed by atoms with Crippen molar-refractivity contribution >= 4 is 28.5 Å². The number of anilines is 1. The number of amides is 2. The SMILES string of the molecule is Cc1ccc(N(C(=O)Cn2nnc3ccccc32)C(C(=O)NCCC(C)C)c2ccco2)cc1C. The molecule has 2 aromatic heterocycles. The second-order valence-electron chi connectivity index (χ2n) is 9.16. The Morgan fingerprint density at radius 3 is 2.57 bits per heavy atom. The summed E-state index contributed by atoms with van der Waals surface area (Å²) < 4.78 is 7.22. The van der Waals surface area contributed by atoms with Gasteiger partial charge in [-0.05, 0) is 73.7 Å². The van der Waals surface area contributed by atoms with Crippen LogP contribution in [0.2, 0.25) is 0 Å². The lowest BCUT2D eigenvalue weighted by atomic mass is 10.1. The molecule has 0 radical (unpaired) electrons. The van der Waals surface area contributed by atoms with Gasteiger partial charge in [0.15, 0.2) is 6.04 Å². The molecule has 0 saturated heterocycles. The van der Waals surface area contributed by atoms with Gasteiger partial charge in [0.2, 0.25) is 5.91 Å². The zero-order chi connectivity index (χ0) is 24.9. The molecule has 0 aliphatic carbocycles. The van der Waals surface area contributed by atoms with E-state index in [9.17, 15) is 9.59 Å². The maximum absolute atomic E-state index is 13.9. The molecular formula is C27H31N5O3. The van der Waals surface area contributed by atoms with Crippen molar-refractivity contribution in [2.45, 2.75) is 46.7 Å². The van der Waals surface area contributed by atoms with Gasteiger partial charge in [-0.2, -0.15) is 0 Å². The van der Waals surface area contributed by atoms with Crippen molar-refractivity contribution in [2.75, 3.05) is 11.4 Å². The fourth-order valence-corrected chi connectivity index (χ4v) is 3.95. The fourth-order valence-electron chi connectivity index (χ4n) is 3.95. The quantitative estimate of drug-likeness (QED) is 0.384. The number of nitrogens with one attached hydrogen (secondary N) is 1. The summed E-state index contributed by atoms with van der Waals surface area (Å²) in [6.07, 6.45) is 2.34. The topological polar surface area (TPSA) is 93.3 Å². The summed E-state index contributed by atoms with van der Waals surface area (Å²) >= 11 is 0. The van der Waals surface area contributed by atoms with Gasteiger partial charge in [-0.1, -0.05) is 37.3 Å². The van der Waals surface area contributed by atoms with Crippen LogP contribution in [0.4, 0.5) is 5.69 Å². The molecule has 0 aliphatic heterocycles. The Morgan fingerprint density at radius 2 is 1.86 bits per heavy atom. The van der Waals surface area contributed by atoms with Crippen LogP contribution in [0.25, 0.3) is 11.0 Å². The second kappa shape index (κ2) is 10.5. The van der Waals surface area contributed by atoms with E-state index in [-0.39, 0.29) is 18.4 Å². The normalized spacial score (nSPS) is 12.1. The summed E-state index contributed by atoms with van der Waals surface area (Å²) in [6, 6.07) is 15.7. The number of hydrogen-bond donors (Lipinski definition) is 1. The minimum absolute atomic E-state index is 0.0794. The molecular weight excluding hydrogens is 442 g/mol. The summed E-state index contributed by atoms with van der Waals surface area (Å²) in [5.41, 5.74) is 4.18. The predicted octanol–water partition coefficient (Wildman–Crippen LogP) is 4.58. The largest absolute Gasteiger partial charge is 0.467 e. The third-order valence-electron chi connectivity index (χ3n) is 6.08. The van der Waals surface area contributed by atoms with E-state index in [0.29, 0.717) is 29.4 Å². The third kappa shape index (κ3) is 5.42. The van der Waals surface area contributed by atoms with Crippen molar-refractivity contribution < 1.29 is 14.0 Å². The Labute approximate surface area is 204 Å². The number of para-hydroxylation sites is 1. The first-order valence-electron chi connectivity index (χ1n) is 11.8. The summed E-state index contributed by atoms with van der Waals surface area (Å²) in [7, 11) is 0. The summed E-state index contributed by atoms with van der Waals surface area (Å²) in [6.45, 7) is 8.62. The predicted molar refractivity (Wildman–Crippen MR) is 135 cm³/mol. The molecule has 2 heterocycles. The van der Waals surface area contributed by atoms with Crippen molar-refractivity contribution in [3.05, 3.63) is 77.7 Å². The van der Waals surface area contributed by atoms with Crippen LogP contribution in [0, 0.1) is 19.8 Å². The van der Waals surface area contributed by atoms with Gasteiger partial charge in [-0.25, -0.2) is 4.68 Å². The zero-order valence-electron chi connectivity index (χ0n) is 20.6. The number of aromatic nitrogens is 3. The summed E-state index contributed by atoms with van der Waals surface area (Å²) in [5, 5.41) is 11.3.